The largest absolute Gasteiger partial charge is 0.347 e. The minimum atomic E-state index is -3.89. The molecule has 1 aromatic carbocycles. The molecule has 3 heterocycles. The number of anilines is 1. The maximum absolute atomic E-state index is 12.8. The minimum Gasteiger partial charge on any atom is -0.347 e. The van der Waals surface area contributed by atoms with E-state index in [-0.39, 0.29) is 16.3 Å². The first-order valence-electron chi connectivity index (χ1n) is 9.32. The molecule has 0 unspecified atom stereocenters. The van der Waals surface area contributed by atoms with Crippen LogP contribution in [-0.4, -0.2) is 29.1 Å². The number of hydrogen-bond acceptors (Lipinski definition) is 6. The number of aromatic nitrogens is 3. The molecular formula is C21H19N5O3S2. The Kier molecular flexibility index (Phi) is 5.83. The molecule has 0 spiro atoms. The Morgan fingerprint density at radius 1 is 1.13 bits per heavy atom. The molecule has 0 fully saturated rings. The fourth-order valence-electron chi connectivity index (χ4n) is 2.83. The summed E-state index contributed by atoms with van der Waals surface area (Å²) in [5.74, 6) is 0.198. The molecule has 158 valence electrons. The van der Waals surface area contributed by atoms with E-state index in [2.05, 4.69) is 20.1 Å². The number of carbonyl (C=O) groups is 1. The molecule has 3 aromatic heterocycles. The molecule has 1 amide bonds. The summed E-state index contributed by atoms with van der Waals surface area (Å²) < 4.78 is 29.7. The van der Waals surface area contributed by atoms with E-state index in [0.717, 1.165) is 22.5 Å². The lowest BCUT2D eigenvalue weighted by atomic mass is 10.2. The van der Waals surface area contributed by atoms with Gasteiger partial charge >= 0.3 is 0 Å². The van der Waals surface area contributed by atoms with E-state index in [9.17, 15) is 13.2 Å². The van der Waals surface area contributed by atoms with Crippen molar-refractivity contribution in [3.05, 3.63) is 88.5 Å². The highest BCUT2D eigenvalue weighted by Gasteiger charge is 2.24. The van der Waals surface area contributed by atoms with Gasteiger partial charge in [-0.15, -0.1) is 11.3 Å². The number of nitrogens with zero attached hydrogens (tertiary/aromatic N) is 3. The third-order valence-electron chi connectivity index (χ3n) is 4.43. The van der Waals surface area contributed by atoms with Gasteiger partial charge in [-0.3, -0.25) is 9.52 Å². The van der Waals surface area contributed by atoms with E-state index in [1.54, 1.807) is 52.9 Å². The summed E-state index contributed by atoms with van der Waals surface area (Å²) in [5, 5.41) is 8.45. The Hall–Kier alpha value is -3.50. The molecule has 2 N–H and O–H groups in total. The van der Waals surface area contributed by atoms with Gasteiger partial charge in [0.05, 0.1) is 0 Å². The van der Waals surface area contributed by atoms with Gasteiger partial charge in [-0.05, 0) is 48.2 Å². The van der Waals surface area contributed by atoms with E-state index >= 15 is 0 Å². The lowest BCUT2D eigenvalue weighted by Crippen LogP contribution is -2.24. The summed E-state index contributed by atoms with van der Waals surface area (Å²) in [5.41, 5.74) is 2.24. The van der Waals surface area contributed by atoms with Crippen molar-refractivity contribution < 1.29 is 13.2 Å². The van der Waals surface area contributed by atoms with Crippen molar-refractivity contribution in [2.45, 2.75) is 18.4 Å². The smallest absolute Gasteiger partial charge is 0.263 e. The van der Waals surface area contributed by atoms with Gasteiger partial charge in [0.2, 0.25) is 0 Å². The van der Waals surface area contributed by atoms with Crippen molar-refractivity contribution in [3.8, 4) is 5.82 Å². The third-order valence-corrected chi connectivity index (χ3v) is 6.90. The van der Waals surface area contributed by atoms with Crippen LogP contribution in [0.1, 0.15) is 20.8 Å². The number of amides is 1. The standard InChI is InChI=1S/C21H19N5O3S2/c1-15-3-6-17(7-4-15)25-31(28,29)18-9-12-30-20(18)21(27)23-14-16-5-8-19(22-13-16)26-11-2-10-24-26/h2-13,25H,14H2,1H3,(H,23,27). The van der Waals surface area contributed by atoms with Crippen molar-refractivity contribution in [1.82, 2.24) is 20.1 Å². The average Bonchev–Trinajstić information content (AvgIpc) is 3.46. The average molecular weight is 454 g/mol. The lowest BCUT2D eigenvalue weighted by molar-refractivity contribution is 0.0952. The zero-order chi connectivity index (χ0) is 21.8. The maximum Gasteiger partial charge on any atom is 0.263 e. The first-order valence-corrected chi connectivity index (χ1v) is 11.7. The van der Waals surface area contributed by atoms with E-state index in [4.69, 9.17) is 0 Å². The van der Waals surface area contributed by atoms with Crippen LogP contribution in [0.5, 0.6) is 0 Å². The van der Waals surface area contributed by atoms with Crippen LogP contribution in [0.25, 0.3) is 5.82 Å². The van der Waals surface area contributed by atoms with Gasteiger partial charge in [-0.1, -0.05) is 23.8 Å². The van der Waals surface area contributed by atoms with Gasteiger partial charge in [-0.2, -0.15) is 5.10 Å². The Morgan fingerprint density at radius 3 is 2.61 bits per heavy atom. The maximum atomic E-state index is 12.8. The molecule has 0 atom stereocenters. The molecule has 8 nitrogen and oxygen atoms in total. The van der Waals surface area contributed by atoms with Crippen molar-refractivity contribution in [2.75, 3.05) is 4.72 Å². The highest BCUT2D eigenvalue weighted by molar-refractivity contribution is 7.93. The minimum absolute atomic E-state index is 0.0530. The van der Waals surface area contributed by atoms with Crippen LogP contribution in [0.4, 0.5) is 5.69 Å². The second kappa shape index (κ2) is 8.70. The van der Waals surface area contributed by atoms with E-state index in [1.165, 1.54) is 6.07 Å². The summed E-state index contributed by atoms with van der Waals surface area (Å²) in [7, 11) is -3.89. The number of nitrogens with one attached hydrogen (secondary N) is 2. The van der Waals surface area contributed by atoms with Crippen molar-refractivity contribution in [2.24, 2.45) is 0 Å². The normalized spacial score (nSPS) is 11.3. The quantitative estimate of drug-likeness (QED) is 0.446. The van der Waals surface area contributed by atoms with Crippen LogP contribution < -0.4 is 10.0 Å². The zero-order valence-electron chi connectivity index (χ0n) is 16.5. The summed E-state index contributed by atoms with van der Waals surface area (Å²) in [6.45, 7) is 2.13. The number of hydrogen-bond donors (Lipinski definition) is 2. The van der Waals surface area contributed by atoms with Gasteiger partial charge in [-0.25, -0.2) is 18.1 Å². The monoisotopic (exact) mass is 453 g/mol. The predicted molar refractivity (Wildman–Crippen MR) is 119 cm³/mol. The van der Waals surface area contributed by atoms with Crippen LogP contribution in [-0.2, 0) is 16.6 Å². The van der Waals surface area contributed by atoms with Crippen molar-refractivity contribution in [1.29, 1.82) is 0 Å². The van der Waals surface area contributed by atoms with Crippen molar-refractivity contribution >= 4 is 33.0 Å². The van der Waals surface area contributed by atoms with Crippen LogP contribution >= 0.6 is 11.3 Å². The van der Waals surface area contributed by atoms with E-state index in [1.807, 2.05) is 25.1 Å². The predicted octanol–water partition coefficient (Wildman–Crippen LogP) is 3.37. The van der Waals surface area contributed by atoms with E-state index in [0.29, 0.717) is 11.5 Å². The summed E-state index contributed by atoms with van der Waals surface area (Å²) in [6, 6.07) is 13.8. The fraction of sp³-hybridized carbons (Fsp3) is 0.0952. The molecule has 10 heteroatoms. The molecule has 0 saturated carbocycles. The number of sulfonamides is 1. The Bertz CT molecular complexity index is 1280. The lowest BCUT2D eigenvalue weighted by Gasteiger charge is -2.10. The number of carbonyl (C=O) groups excluding carboxylic acids is 1. The SMILES string of the molecule is Cc1ccc(NS(=O)(=O)c2ccsc2C(=O)NCc2ccc(-n3cccn3)nc2)cc1. The highest BCUT2D eigenvalue weighted by atomic mass is 32.2. The van der Waals surface area contributed by atoms with Crippen LogP contribution in [0.2, 0.25) is 0 Å². The number of aryl methyl sites for hydroxylation is 1. The topological polar surface area (TPSA) is 106 Å². The molecule has 0 saturated heterocycles. The summed E-state index contributed by atoms with van der Waals surface area (Å²) >= 11 is 1.07. The molecule has 0 aliphatic carbocycles. The van der Waals surface area contributed by atoms with Crippen LogP contribution in [0.3, 0.4) is 0 Å². The van der Waals surface area contributed by atoms with Gasteiger partial charge < -0.3 is 5.32 Å². The Labute approximate surface area is 183 Å². The summed E-state index contributed by atoms with van der Waals surface area (Å²) in [4.78, 5) is 17.1. The van der Waals surface area contributed by atoms with Gasteiger partial charge in [0.1, 0.15) is 9.77 Å². The highest BCUT2D eigenvalue weighted by Crippen LogP contribution is 2.24. The molecule has 0 aliphatic rings. The molecule has 31 heavy (non-hydrogen) atoms. The van der Waals surface area contributed by atoms with E-state index < -0.39 is 15.9 Å². The number of pyridine rings is 1. The summed E-state index contributed by atoms with van der Waals surface area (Å²) in [6.07, 6.45) is 5.09. The van der Waals surface area contributed by atoms with Crippen LogP contribution in [0.15, 0.2) is 77.4 Å². The Balaban J connectivity index is 1.44. The van der Waals surface area contributed by atoms with Gasteiger partial charge in [0.25, 0.3) is 15.9 Å². The van der Waals surface area contributed by atoms with Gasteiger partial charge in [0, 0.05) is 30.8 Å². The number of rotatable bonds is 7. The fourth-order valence-corrected chi connectivity index (χ4v) is 5.23. The van der Waals surface area contributed by atoms with Crippen LogP contribution in [0, 0.1) is 6.92 Å². The molecular weight excluding hydrogens is 434 g/mol. The zero-order valence-corrected chi connectivity index (χ0v) is 18.2. The molecule has 0 bridgehead atoms. The molecule has 0 aliphatic heterocycles. The first-order chi connectivity index (χ1) is 14.9. The second-order valence-electron chi connectivity index (χ2n) is 6.74. The number of benzene rings is 1. The van der Waals surface area contributed by atoms with Crippen molar-refractivity contribution in [3.63, 3.8) is 0 Å². The Morgan fingerprint density at radius 2 is 1.94 bits per heavy atom. The molecule has 4 aromatic rings. The van der Waals surface area contributed by atoms with Gasteiger partial charge in [0.15, 0.2) is 5.82 Å². The molecule has 4 rings (SSSR count). The molecule has 0 radical (unpaired) electrons. The number of thiophene rings is 1. The third kappa shape index (κ3) is 4.81. The second-order valence-corrected chi connectivity index (χ2v) is 9.31. The first kappa shape index (κ1) is 20.8.